The minimum Gasteiger partial charge on any atom is -0.412 e. The Morgan fingerprint density at radius 2 is 1.91 bits per heavy atom. The molecule has 0 aromatic heterocycles. The molecule has 0 aromatic rings. The molecule has 0 amide bonds. The van der Waals surface area contributed by atoms with Crippen molar-refractivity contribution in [2.75, 3.05) is 13.6 Å². The maximum Gasteiger partial charge on any atom is 0.0175 e. The summed E-state index contributed by atoms with van der Waals surface area (Å²) in [6, 6.07) is 0. The third kappa shape index (κ3) is 1.94. The van der Waals surface area contributed by atoms with Crippen LogP contribution < -0.4 is 0 Å². The first-order valence-electron chi connectivity index (χ1n) is 4.26. The van der Waals surface area contributed by atoms with E-state index in [-0.39, 0.29) is 5.48 Å². The minimum absolute atomic E-state index is 0. The van der Waals surface area contributed by atoms with Gasteiger partial charge in [0.1, 0.15) is 0 Å². The molecule has 2 nitrogen and oxygen atoms in total. The second-order valence-electron chi connectivity index (χ2n) is 4.12. The third-order valence-corrected chi connectivity index (χ3v) is 3.32. The summed E-state index contributed by atoms with van der Waals surface area (Å²) in [5.41, 5.74) is 0.429. The van der Waals surface area contributed by atoms with Crippen molar-refractivity contribution >= 4 is 0 Å². The zero-order valence-electron chi connectivity index (χ0n) is 8.15. The van der Waals surface area contributed by atoms with E-state index in [1.807, 2.05) is 0 Å². The Hall–Kier alpha value is -0.0800. The molecule has 1 fully saturated rings. The van der Waals surface area contributed by atoms with E-state index in [9.17, 15) is 0 Å². The number of nitrogens with zero attached hydrogens (tertiary/aromatic N) is 1. The molecule has 0 aliphatic carbocycles. The Balaban J connectivity index is 0.000001000. The van der Waals surface area contributed by atoms with Crippen LogP contribution in [0.3, 0.4) is 0 Å². The Bertz CT molecular complexity index is 111. The molecule has 0 radical (unpaired) electrons. The number of piperidine rings is 1. The lowest BCUT2D eigenvalue weighted by Gasteiger charge is -2.44. The van der Waals surface area contributed by atoms with Gasteiger partial charge >= 0.3 is 0 Å². The molecule has 1 unspecified atom stereocenters. The van der Waals surface area contributed by atoms with E-state index < -0.39 is 0 Å². The fourth-order valence-electron chi connectivity index (χ4n) is 1.65. The van der Waals surface area contributed by atoms with E-state index in [0.29, 0.717) is 5.54 Å². The molecule has 0 spiro atoms. The lowest BCUT2D eigenvalue weighted by molar-refractivity contribution is 0.0547. The average molecular weight is 159 g/mol. The van der Waals surface area contributed by atoms with Crippen molar-refractivity contribution in [3.8, 4) is 0 Å². The summed E-state index contributed by atoms with van der Waals surface area (Å²) in [6.07, 6.45) is 2.78. The van der Waals surface area contributed by atoms with Crippen molar-refractivity contribution in [1.82, 2.24) is 4.90 Å². The van der Waals surface area contributed by atoms with Gasteiger partial charge in [-0.05, 0) is 46.2 Å². The summed E-state index contributed by atoms with van der Waals surface area (Å²) in [5.74, 6) is 0.853. The SMILES string of the molecule is CC1CCCN(C)C1(C)C.O. The number of likely N-dealkylation sites (tertiary alicyclic amines) is 1. The van der Waals surface area contributed by atoms with Crippen molar-refractivity contribution in [3.63, 3.8) is 0 Å². The van der Waals surface area contributed by atoms with Gasteiger partial charge in [-0.2, -0.15) is 0 Å². The van der Waals surface area contributed by atoms with Gasteiger partial charge < -0.3 is 10.4 Å². The van der Waals surface area contributed by atoms with E-state index in [1.165, 1.54) is 19.4 Å². The lowest BCUT2D eigenvalue weighted by atomic mass is 9.81. The van der Waals surface area contributed by atoms with Crippen LogP contribution in [0.2, 0.25) is 0 Å². The van der Waals surface area contributed by atoms with Gasteiger partial charge in [0.15, 0.2) is 0 Å². The number of hydrogen-bond donors (Lipinski definition) is 0. The zero-order valence-corrected chi connectivity index (χ0v) is 8.15. The van der Waals surface area contributed by atoms with Crippen LogP contribution in [-0.2, 0) is 0 Å². The van der Waals surface area contributed by atoms with Crippen LogP contribution in [-0.4, -0.2) is 29.5 Å². The van der Waals surface area contributed by atoms with Gasteiger partial charge in [0.25, 0.3) is 0 Å². The Labute approximate surface area is 69.9 Å². The molecule has 1 heterocycles. The Morgan fingerprint density at radius 1 is 1.36 bits per heavy atom. The molecular weight excluding hydrogens is 138 g/mol. The van der Waals surface area contributed by atoms with Gasteiger partial charge in [0.05, 0.1) is 0 Å². The highest BCUT2D eigenvalue weighted by atomic mass is 16.0. The van der Waals surface area contributed by atoms with E-state index in [0.717, 1.165) is 5.92 Å². The average Bonchev–Trinajstić information content (AvgIpc) is 1.84. The molecule has 1 rings (SSSR count). The fraction of sp³-hybridized carbons (Fsp3) is 1.00. The van der Waals surface area contributed by atoms with Crippen molar-refractivity contribution in [2.24, 2.45) is 5.92 Å². The predicted octanol–water partition coefficient (Wildman–Crippen LogP) is 1.30. The van der Waals surface area contributed by atoms with Gasteiger partial charge in [0.2, 0.25) is 0 Å². The molecule has 0 saturated carbocycles. The molecule has 11 heavy (non-hydrogen) atoms. The van der Waals surface area contributed by atoms with Crippen LogP contribution in [0.5, 0.6) is 0 Å². The summed E-state index contributed by atoms with van der Waals surface area (Å²) >= 11 is 0. The number of rotatable bonds is 0. The molecule has 0 bridgehead atoms. The van der Waals surface area contributed by atoms with Crippen molar-refractivity contribution in [3.05, 3.63) is 0 Å². The van der Waals surface area contributed by atoms with Gasteiger partial charge in [-0.15, -0.1) is 0 Å². The van der Waals surface area contributed by atoms with Gasteiger partial charge in [-0.1, -0.05) is 6.92 Å². The first-order valence-corrected chi connectivity index (χ1v) is 4.26. The van der Waals surface area contributed by atoms with E-state index >= 15 is 0 Å². The second-order valence-corrected chi connectivity index (χ2v) is 4.12. The highest BCUT2D eigenvalue weighted by Gasteiger charge is 2.32. The third-order valence-electron chi connectivity index (χ3n) is 3.32. The largest absolute Gasteiger partial charge is 0.412 e. The first-order chi connectivity index (χ1) is 4.55. The molecule has 1 aliphatic rings. The molecule has 2 heteroatoms. The summed E-state index contributed by atoms with van der Waals surface area (Å²) in [4.78, 5) is 2.47. The Kier molecular flexibility index (Phi) is 3.52. The fourth-order valence-corrected chi connectivity index (χ4v) is 1.65. The lowest BCUT2D eigenvalue weighted by Crippen LogP contribution is -2.49. The highest BCUT2D eigenvalue weighted by molar-refractivity contribution is 4.88. The van der Waals surface area contributed by atoms with Crippen LogP contribution >= 0.6 is 0 Å². The first kappa shape index (κ1) is 10.9. The summed E-state index contributed by atoms with van der Waals surface area (Å²) in [5, 5.41) is 0. The van der Waals surface area contributed by atoms with Crippen LogP contribution in [0.25, 0.3) is 0 Å². The van der Waals surface area contributed by atoms with Crippen LogP contribution in [0.1, 0.15) is 33.6 Å². The molecule has 0 aromatic carbocycles. The van der Waals surface area contributed by atoms with Gasteiger partial charge in [-0.25, -0.2) is 0 Å². The van der Waals surface area contributed by atoms with E-state index in [4.69, 9.17) is 0 Å². The quantitative estimate of drug-likeness (QED) is 0.524. The standard InChI is InChI=1S/C9H19N.H2O/c1-8-6-5-7-10(4)9(8,2)3;/h8H,5-7H2,1-4H3;1H2. The number of hydrogen-bond acceptors (Lipinski definition) is 1. The minimum atomic E-state index is 0. The Morgan fingerprint density at radius 3 is 2.27 bits per heavy atom. The van der Waals surface area contributed by atoms with Crippen molar-refractivity contribution in [2.45, 2.75) is 39.2 Å². The molecule has 2 N–H and O–H groups in total. The van der Waals surface area contributed by atoms with Crippen molar-refractivity contribution < 1.29 is 5.48 Å². The molecule has 68 valence electrons. The van der Waals surface area contributed by atoms with E-state index in [1.54, 1.807) is 0 Å². The van der Waals surface area contributed by atoms with E-state index in [2.05, 4.69) is 32.7 Å². The zero-order chi connectivity index (χ0) is 7.78. The molecular formula is C9H21NO. The van der Waals surface area contributed by atoms with Gasteiger partial charge in [-0.3, -0.25) is 0 Å². The van der Waals surface area contributed by atoms with Crippen LogP contribution in [0.15, 0.2) is 0 Å². The summed E-state index contributed by atoms with van der Waals surface area (Å²) in [7, 11) is 2.23. The summed E-state index contributed by atoms with van der Waals surface area (Å²) < 4.78 is 0. The monoisotopic (exact) mass is 159 g/mol. The normalized spacial score (nSPS) is 31.1. The van der Waals surface area contributed by atoms with Crippen LogP contribution in [0.4, 0.5) is 0 Å². The highest BCUT2D eigenvalue weighted by Crippen LogP contribution is 2.30. The molecule has 1 aliphatic heterocycles. The smallest absolute Gasteiger partial charge is 0.0175 e. The summed E-state index contributed by atoms with van der Waals surface area (Å²) in [6.45, 7) is 8.32. The predicted molar refractivity (Wildman–Crippen MR) is 48.7 cm³/mol. The van der Waals surface area contributed by atoms with Crippen LogP contribution in [0, 0.1) is 5.92 Å². The maximum absolute atomic E-state index is 2.47. The van der Waals surface area contributed by atoms with Crippen molar-refractivity contribution in [1.29, 1.82) is 0 Å². The molecule has 1 atom stereocenters. The second kappa shape index (κ2) is 3.55. The molecule has 1 saturated heterocycles. The maximum atomic E-state index is 2.47. The van der Waals surface area contributed by atoms with Gasteiger partial charge in [0, 0.05) is 5.54 Å². The topological polar surface area (TPSA) is 34.7 Å².